The molecule has 2 fully saturated rings. The SMILES string of the molecule is CCOc1cc(C2/C(=C(/O)c3ccc4c(c3)CC(C)O4)C(=O)C(=O)N2CCCN2CCOCC2)ccc1OCc1ccccc1. The number of carbonyl (C=O) groups excluding carboxylic acids is 2. The van der Waals surface area contributed by atoms with Crippen LogP contribution in [0.5, 0.6) is 17.2 Å². The van der Waals surface area contributed by atoms with Crippen LogP contribution in [0.1, 0.15) is 48.6 Å². The molecule has 3 aliphatic heterocycles. The molecule has 3 heterocycles. The van der Waals surface area contributed by atoms with E-state index in [4.69, 9.17) is 18.9 Å². The Balaban J connectivity index is 1.35. The number of amides is 1. The van der Waals surface area contributed by atoms with Crippen LogP contribution >= 0.6 is 0 Å². The van der Waals surface area contributed by atoms with Crippen molar-refractivity contribution in [3.05, 3.63) is 94.6 Å². The van der Waals surface area contributed by atoms with Gasteiger partial charge in [-0.2, -0.15) is 0 Å². The van der Waals surface area contributed by atoms with Crippen LogP contribution in [0.3, 0.4) is 0 Å². The van der Waals surface area contributed by atoms with Gasteiger partial charge in [-0.3, -0.25) is 14.5 Å². The van der Waals surface area contributed by atoms with Gasteiger partial charge < -0.3 is 29.0 Å². The van der Waals surface area contributed by atoms with Crippen molar-refractivity contribution in [2.24, 2.45) is 0 Å². The van der Waals surface area contributed by atoms with Gasteiger partial charge in [-0.05, 0) is 67.3 Å². The maximum atomic E-state index is 13.7. The molecule has 1 N–H and O–H groups in total. The number of nitrogens with zero attached hydrogens (tertiary/aromatic N) is 2. The van der Waals surface area contributed by atoms with Gasteiger partial charge in [-0.25, -0.2) is 0 Å². The number of aliphatic hydroxyl groups is 1. The van der Waals surface area contributed by atoms with Crippen LogP contribution in [0.15, 0.2) is 72.3 Å². The molecule has 1 amide bonds. The number of hydrogen-bond acceptors (Lipinski definition) is 8. The van der Waals surface area contributed by atoms with Crippen molar-refractivity contribution in [1.29, 1.82) is 0 Å². The van der Waals surface area contributed by atoms with Crippen molar-refractivity contribution in [2.75, 3.05) is 46.0 Å². The first kappa shape index (κ1) is 30.7. The third-order valence-electron chi connectivity index (χ3n) is 8.51. The lowest BCUT2D eigenvalue weighted by Gasteiger charge is -2.29. The molecule has 45 heavy (non-hydrogen) atoms. The van der Waals surface area contributed by atoms with E-state index in [2.05, 4.69) is 4.90 Å². The van der Waals surface area contributed by atoms with Crippen molar-refractivity contribution < 1.29 is 33.6 Å². The molecular weight excluding hydrogens is 572 g/mol. The first-order valence-electron chi connectivity index (χ1n) is 15.7. The number of ketones is 1. The van der Waals surface area contributed by atoms with Crippen LogP contribution < -0.4 is 14.2 Å². The Bertz CT molecular complexity index is 1560. The first-order valence-corrected chi connectivity index (χ1v) is 15.7. The average molecular weight is 613 g/mol. The summed E-state index contributed by atoms with van der Waals surface area (Å²) in [6, 6.07) is 19.9. The van der Waals surface area contributed by atoms with Crippen LogP contribution in [0.4, 0.5) is 0 Å². The van der Waals surface area contributed by atoms with Crippen molar-refractivity contribution >= 4 is 17.4 Å². The van der Waals surface area contributed by atoms with Gasteiger partial charge in [0.25, 0.3) is 11.7 Å². The number of ether oxygens (including phenoxy) is 4. The minimum absolute atomic E-state index is 0.0362. The van der Waals surface area contributed by atoms with E-state index in [1.54, 1.807) is 11.0 Å². The Hall–Kier alpha value is -4.34. The predicted molar refractivity (Wildman–Crippen MR) is 170 cm³/mol. The zero-order chi connectivity index (χ0) is 31.3. The molecule has 0 bridgehead atoms. The molecule has 6 rings (SSSR count). The van der Waals surface area contributed by atoms with Gasteiger partial charge in [0.05, 0.1) is 31.4 Å². The molecular formula is C36H40N2O7. The number of likely N-dealkylation sites (tertiary alicyclic amines) is 1. The number of carbonyl (C=O) groups is 2. The Labute approximate surface area is 263 Å². The van der Waals surface area contributed by atoms with Crippen LogP contribution in [0, 0.1) is 0 Å². The van der Waals surface area contributed by atoms with E-state index in [1.807, 2.05) is 74.5 Å². The van der Waals surface area contributed by atoms with Crippen molar-refractivity contribution in [2.45, 2.75) is 45.4 Å². The van der Waals surface area contributed by atoms with Crippen molar-refractivity contribution in [3.8, 4) is 17.2 Å². The number of benzene rings is 3. The van der Waals surface area contributed by atoms with Gasteiger partial charge in [0.2, 0.25) is 0 Å². The molecule has 3 aromatic carbocycles. The van der Waals surface area contributed by atoms with Gasteiger partial charge in [-0.15, -0.1) is 0 Å². The molecule has 0 aromatic heterocycles. The molecule has 0 saturated carbocycles. The van der Waals surface area contributed by atoms with Crippen LogP contribution in [0.25, 0.3) is 5.76 Å². The maximum Gasteiger partial charge on any atom is 0.295 e. The lowest BCUT2D eigenvalue weighted by atomic mass is 9.94. The molecule has 9 heteroatoms. The number of hydrogen-bond donors (Lipinski definition) is 1. The monoisotopic (exact) mass is 612 g/mol. The Morgan fingerprint density at radius 2 is 1.76 bits per heavy atom. The fraction of sp³-hybridized carbons (Fsp3) is 0.389. The third-order valence-corrected chi connectivity index (χ3v) is 8.51. The van der Waals surface area contributed by atoms with Crippen molar-refractivity contribution in [1.82, 2.24) is 9.80 Å². The number of Topliss-reactive ketones (excluding diaryl/α,β-unsaturated/α-hetero) is 1. The number of morpholine rings is 1. The summed E-state index contributed by atoms with van der Waals surface area (Å²) >= 11 is 0. The highest BCUT2D eigenvalue weighted by atomic mass is 16.5. The first-order chi connectivity index (χ1) is 21.9. The third kappa shape index (κ3) is 6.70. The van der Waals surface area contributed by atoms with Gasteiger partial charge in [0.1, 0.15) is 24.2 Å². The fourth-order valence-corrected chi connectivity index (χ4v) is 6.29. The smallest absolute Gasteiger partial charge is 0.295 e. The highest BCUT2D eigenvalue weighted by molar-refractivity contribution is 6.46. The van der Waals surface area contributed by atoms with Crippen LogP contribution in [-0.4, -0.2) is 78.7 Å². The zero-order valence-corrected chi connectivity index (χ0v) is 25.9. The minimum Gasteiger partial charge on any atom is -0.507 e. The van der Waals surface area contributed by atoms with E-state index in [1.165, 1.54) is 0 Å². The molecule has 2 saturated heterocycles. The standard InChI is InChI=1S/C36H40N2O7/c1-3-43-31-22-26(10-13-30(31)44-23-25-8-5-4-6-9-25)33-32(34(39)27-11-12-29-28(21-27)20-24(2)45-29)35(40)36(41)38(33)15-7-14-37-16-18-42-19-17-37/h4-6,8-13,21-22,24,33,39H,3,7,14-20,23H2,1-2H3/b34-32-. The van der Waals surface area contributed by atoms with Crippen LogP contribution in [0.2, 0.25) is 0 Å². The summed E-state index contributed by atoms with van der Waals surface area (Å²) in [6.07, 6.45) is 1.42. The van der Waals surface area contributed by atoms with E-state index >= 15 is 0 Å². The lowest BCUT2D eigenvalue weighted by Crippen LogP contribution is -2.39. The van der Waals surface area contributed by atoms with E-state index < -0.39 is 17.7 Å². The topological polar surface area (TPSA) is 97.8 Å². The minimum atomic E-state index is -0.791. The van der Waals surface area contributed by atoms with Gasteiger partial charge >= 0.3 is 0 Å². The van der Waals surface area contributed by atoms with Gasteiger partial charge in [0.15, 0.2) is 11.5 Å². The summed E-state index contributed by atoms with van der Waals surface area (Å²) in [7, 11) is 0. The van der Waals surface area contributed by atoms with Gasteiger partial charge in [-0.1, -0.05) is 36.4 Å². The summed E-state index contributed by atoms with van der Waals surface area (Å²) in [4.78, 5) is 31.2. The van der Waals surface area contributed by atoms with E-state index in [-0.39, 0.29) is 17.4 Å². The van der Waals surface area contributed by atoms with E-state index in [0.29, 0.717) is 68.4 Å². The summed E-state index contributed by atoms with van der Waals surface area (Å²) < 4.78 is 23.4. The lowest BCUT2D eigenvalue weighted by molar-refractivity contribution is -0.140. The molecule has 9 nitrogen and oxygen atoms in total. The molecule has 3 aliphatic rings. The number of rotatable bonds is 11. The fourth-order valence-electron chi connectivity index (χ4n) is 6.29. The predicted octanol–water partition coefficient (Wildman–Crippen LogP) is 5.13. The molecule has 0 aliphatic carbocycles. The van der Waals surface area contributed by atoms with Crippen molar-refractivity contribution in [3.63, 3.8) is 0 Å². The highest BCUT2D eigenvalue weighted by Crippen LogP contribution is 2.43. The van der Waals surface area contributed by atoms with Gasteiger partial charge in [0, 0.05) is 38.2 Å². The summed E-state index contributed by atoms with van der Waals surface area (Å²) in [5, 5.41) is 11.7. The molecule has 2 atom stereocenters. The normalized spacial score (nSPS) is 21.1. The average Bonchev–Trinajstić information content (AvgIpc) is 3.56. The summed E-state index contributed by atoms with van der Waals surface area (Å²) in [5.74, 6) is 0.320. The molecule has 236 valence electrons. The summed E-state index contributed by atoms with van der Waals surface area (Å²) in [5.41, 5.74) is 3.19. The number of fused-ring (bicyclic) bond motifs is 1. The Kier molecular flexibility index (Phi) is 9.37. The molecule has 2 unspecified atom stereocenters. The number of aliphatic hydroxyl groups excluding tert-OH is 1. The molecule has 0 spiro atoms. The Morgan fingerprint density at radius 1 is 0.956 bits per heavy atom. The van der Waals surface area contributed by atoms with E-state index in [0.717, 1.165) is 36.5 Å². The maximum absolute atomic E-state index is 13.7. The second-order valence-corrected chi connectivity index (χ2v) is 11.7. The quantitative estimate of drug-likeness (QED) is 0.181. The second-order valence-electron chi connectivity index (χ2n) is 11.7. The van der Waals surface area contributed by atoms with E-state index in [9.17, 15) is 14.7 Å². The Morgan fingerprint density at radius 3 is 2.53 bits per heavy atom. The summed E-state index contributed by atoms with van der Waals surface area (Å²) in [6.45, 7) is 8.84. The zero-order valence-electron chi connectivity index (χ0n) is 25.9. The molecule has 0 radical (unpaired) electrons. The second kappa shape index (κ2) is 13.7. The largest absolute Gasteiger partial charge is 0.507 e. The van der Waals surface area contributed by atoms with Crippen LogP contribution in [-0.2, 0) is 27.4 Å². The molecule has 3 aromatic rings. The highest BCUT2D eigenvalue weighted by Gasteiger charge is 2.46.